The van der Waals surface area contributed by atoms with E-state index in [1.54, 1.807) is 20.8 Å². The molecule has 0 radical (unpaired) electrons. The predicted molar refractivity (Wildman–Crippen MR) is 122 cm³/mol. The molecule has 1 aromatic carbocycles. The van der Waals surface area contributed by atoms with Crippen LogP contribution in [0.3, 0.4) is 0 Å². The SMILES string of the molecule is CCOC(=O)C#C[C@H](O)[C@H]1OC(C)(C)O[C@@H]1[C@@H](O[Si](C)(C)C(C)(C)C)c1ccccc1. The third kappa shape index (κ3) is 6.64. The van der Waals surface area contributed by atoms with Crippen LogP contribution in [0.25, 0.3) is 0 Å². The monoisotopic (exact) mass is 448 g/mol. The van der Waals surface area contributed by atoms with E-state index in [1.807, 2.05) is 30.3 Å². The summed E-state index contributed by atoms with van der Waals surface area (Å²) < 4.78 is 23.9. The van der Waals surface area contributed by atoms with Gasteiger partial charge in [-0.3, -0.25) is 0 Å². The van der Waals surface area contributed by atoms with Gasteiger partial charge in [0.25, 0.3) is 0 Å². The first-order valence-electron chi connectivity index (χ1n) is 10.7. The van der Waals surface area contributed by atoms with E-state index in [9.17, 15) is 9.90 Å². The second-order valence-electron chi connectivity index (χ2n) is 9.71. The van der Waals surface area contributed by atoms with Crippen molar-refractivity contribution in [3.05, 3.63) is 35.9 Å². The van der Waals surface area contributed by atoms with Gasteiger partial charge in [-0.25, -0.2) is 4.79 Å². The van der Waals surface area contributed by atoms with Crippen molar-refractivity contribution in [2.75, 3.05) is 6.61 Å². The summed E-state index contributed by atoms with van der Waals surface area (Å²) in [5.41, 5.74) is 0.939. The lowest BCUT2D eigenvalue weighted by Crippen LogP contribution is -2.47. The Kier molecular flexibility index (Phi) is 8.12. The van der Waals surface area contributed by atoms with Crippen molar-refractivity contribution >= 4 is 14.3 Å². The number of esters is 1. The Labute approximate surface area is 187 Å². The van der Waals surface area contributed by atoms with Crippen LogP contribution in [0, 0.1) is 11.8 Å². The molecule has 172 valence electrons. The first-order valence-corrected chi connectivity index (χ1v) is 13.6. The molecule has 1 saturated heterocycles. The summed E-state index contributed by atoms with van der Waals surface area (Å²) in [4.78, 5) is 11.6. The highest BCUT2D eigenvalue weighted by Crippen LogP contribution is 2.44. The summed E-state index contributed by atoms with van der Waals surface area (Å²) in [6.45, 7) is 16.4. The minimum Gasteiger partial charge on any atom is -0.456 e. The molecule has 0 amide bonds. The van der Waals surface area contributed by atoms with E-state index in [4.69, 9.17) is 18.6 Å². The maximum Gasteiger partial charge on any atom is 0.384 e. The zero-order valence-electron chi connectivity index (χ0n) is 19.9. The van der Waals surface area contributed by atoms with Gasteiger partial charge in [-0.05, 0) is 44.5 Å². The number of ether oxygens (including phenoxy) is 3. The molecule has 0 saturated carbocycles. The summed E-state index contributed by atoms with van der Waals surface area (Å²) in [5.74, 6) is 3.26. The Morgan fingerprint density at radius 1 is 1.19 bits per heavy atom. The van der Waals surface area contributed by atoms with Crippen LogP contribution in [0.5, 0.6) is 0 Å². The number of benzene rings is 1. The number of carbonyl (C=O) groups excluding carboxylic acids is 1. The average molecular weight is 449 g/mol. The Morgan fingerprint density at radius 3 is 2.32 bits per heavy atom. The molecule has 1 aliphatic rings. The molecular formula is C24H36O6Si. The highest BCUT2D eigenvalue weighted by atomic mass is 28.4. The zero-order chi connectivity index (χ0) is 23.4. The lowest BCUT2D eigenvalue weighted by molar-refractivity contribution is -0.158. The van der Waals surface area contributed by atoms with Gasteiger partial charge in [0.1, 0.15) is 18.3 Å². The molecule has 6 nitrogen and oxygen atoms in total. The minimum atomic E-state index is -2.20. The fourth-order valence-electron chi connectivity index (χ4n) is 3.14. The Hall–Kier alpha value is -1.69. The molecule has 1 heterocycles. The van der Waals surface area contributed by atoms with Crippen molar-refractivity contribution in [2.45, 2.75) is 89.9 Å². The largest absolute Gasteiger partial charge is 0.456 e. The van der Waals surface area contributed by atoms with Gasteiger partial charge in [0, 0.05) is 5.92 Å². The lowest BCUT2D eigenvalue weighted by atomic mass is 9.97. The van der Waals surface area contributed by atoms with E-state index in [0.717, 1.165) is 5.56 Å². The van der Waals surface area contributed by atoms with Gasteiger partial charge in [-0.15, -0.1) is 0 Å². The van der Waals surface area contributed by atoms with Crippen molar-refractivity contribution < 1.29 is 28.5 Å². The summed E-state index contributed by atoms with van der Waals surface area (Å²) in [6.07, 6.45) is -3.12. The van der Waals surface area contributed by atoms with Gasteiger partial charge in [-0.2, -0.15) is 0 Å². The number of hydrogen-bond acceptors (Lipinski definition) is 6. The van der Waals surface area contributed by atoms with E-state index in [-0.39, 0.29) is 11.6 Å². The molecule has 0 unspecified atom stereocenters. The van der Waals surface area contributed by atoms with E-state index in [0.29, 0.717) is 0 Å². The first kappa shape index (κ1) is 25.6. The fraction of sp³-hybridized carbons (Fsp3) is 0.625. The quantitative estimate of drug-likeness (QED) is 0.304. The van der Waals surface area contributed by atoms with Crippen LogP contribution in [0.4, 0.5) is 0 Å². The second-order valence-corrected chi connectivity index (χ2v) is 14.5. The number of rotatable bonds is 6. The van der Waals surface area contributed by atoms with Gasteiger partial charge >= 0.3 is 5.97 Å². The summed E-state index contributed by atoms with van der Waals surface area (Å²) in [5, 5.41) is 10.8. The lowest BCUT2D eigenvalue weighted by Gasteiger charge is -2.41. The standard InChI is InChI=1S/C24H36O6Si/c1-9-27-19(26)16-15-18(25)21-22(29-24(5,6)28-21)20(17-13-11-10-12-14-17)30-31(7,8)23(2,3)4/h10-14,18,20-22,25H,9H2,1-8H3/t18-,20-,21+,22+/m0/s1. The van der Waals surface area contributed by atoms with E-state index < -0.39 is 44.5 Å². The van der Waals surface area contributed by atoms with Gasteiger partial charge in [0.2, 0.25) is 0 Å². The minimum absolute atomic E-state index is 0.0210. The number of aliphatic hydroxyl groups excluding tert-OH is 1. The Balaban J connectivity index is 2.42. The Morgan fingerprint density at radius 2 is 1.77 bits per heavy atom. The molecule has 0 spiro atoms. The molecule has 1 aromatic rings. The summed E-state index contributed by atoms with van der Waals surface area (Å²) in [7, 11) is -2.20. The predicted octanol–water partition coefficient (Wildman–Crippen LogP) is 4.20. The fourth-order valence-corrected chi connectivity index (χ4v) is 4.40. The smallest absolute Gasteiger partial charge is 0.384 e. The molecule has 0 aliphatic carbocycles. The summed E-state index contributed by atoms with van der Waals surface area (Å²) >= 11 is 0. The van der Waals surface area contributed by atoms with Crippen molar-refractivity contribution in [2.24, 2.45) is 0 Å². The van der Waals surface area contributed by atoms with Crippen LogP contribution < -0.4 is 0 Å². The highest BCUT2D eigenvalue weighted by Gasteiger charge is 2.51. The van der Waals surface area contributed by atoms with Crippen molar-refractivity contribution in [3.8, 4) is 11.8 Å². The van der Waals surface area contributed by atoms with Crippen LogP contribution in [0.1, 0.15) is 53.2 Å². The van der Waals surface area contributed by atoms with Gasteiger partial charge in [0.05, 0.1) is 12.7 Å². The van der Waals surface area contributed by atoms with E-state index >= 15 is 0 Å². The normalized spacial score (nSPS) is 22.9. The molecule has 7 heteroatoms. The van der Waals surface area contributed by atoms with Crippen molar-refractivity contribution in [3.63, 3.8) is 0 Å². The van der Waals surface area contributed by atoms with Gasteiger partial charge in [-0.1, -0.05) is 57.0 Å². The molecule has 2 rings (SSSR count). The maximum absolute atomic E-state index is 11.6. The van der Waals surface area contributed by atoms with E-state index in [2.05, 4.69) is 45.7 Å². The molecule has 1 aliphatic heterocycles. The van der Waals surface area contributed by atoms with Crippen LogP contribution in [-0.2, 0) is 23.4 Å². The topological polar surface area (TPSA) is 74.2 Å². The van der Waals surface area contributed by atoms with Crippen LogP contribution in [-0.4, -0.2) is 50.1 Å². The van der Waals surface area contributed by atoms with Crippen LogP contribution in [0.2, 0.25) is 18.1 Å². The molecule has 0 bridgehead atoms. The third-order valence-electron chi connectivity index (χ3n) is 5.73. The number of hydrogen-bond donors (Lipinski definition) is 1. The van der Waals surface area contributed by atoms with Crippen LogP contribution in [0.15, 0.2) is 30.3 Å². The summed E-state index contributed by atoms with van der Waals surface area (Å²) in [6, 6.07) is 9.81. The van der Waals surface area contributed by atoms with Crippen molar-refractivity contribution in [1.29, 1.82) is 0 Å². The molecule has 0 aromatic heterocycles. The number of aliphatic hydroxyl groups is 1. The molecule has 4 atom stereocenters. The first-order chi connectivity index (χ1) is 14.3. The highest BCUT2D eigenvalue weighted by molar-refractivity contribution is 6.74. The van der Waals surface area contributed by atoms with Crippen molar-refractivity contribution in [1.82, 2.24) is 0 Å². The van der Waals surface area contributed by atoms with Gasteiger partial charge in [0.15, 0.2) is 14.1 Å². The maximum atomic E-state index is 11.6. The second kappa shape index (κ2) is 9.84. The molecule has 31 heavy (non-hydrogen) atoms. The van der Waals surface area contributed by atoms with E-state index in [1.165, 1.54) is 0 Å². The Bertz CT molecular complexity index is 803. The zero-order valence-corrected chi connectivity index (χ0v) is 20.9. The number of carbonyl (C=O) groups is 1. The molecular weight excluding hydrogens is 412 g/mol. The van der Waals surface area contributed by atoms with Crippen LogP contribution >= 0.6 is 0 Å². The molecule has 1 N–H and O–H groups in total. The van der Waals surface area contributed by atoms with Gasteiger partial charge < -0.3 is 23.7 Å². The third-order valence-corrected chi connectivity index (χ3v) is 10.2. The molecule has 1 fully saturated rings. The average Bonchev–Trinajstić information content (AvgIpc) is 2.99.